The molecule has 7 nitrogen and oxygen atoms in total. The zero-order valence-electron chi connectivity index (χ0n) is 13.6. The van der Waals surface area contributed by atoms with E-state index in [1.54, 1.807) is 0 Å². The number of halogens is 3. The third-order valence-corrected chi connectivity index (χ3v) is 3.34. The van der Waals surface area contributed by atoms with E-state index in [0.717, 1.165) is 12.1 Å². The zero-order valence-corrected chi connectivity index (χ0v) is 13.6. The van der Waals surface area contributed by atoms with E-state index in [1.165, 1.54) is 36.4 Å². The van der Waals surface area contributed by atoms with Crippen molar-refractivity contribution in [2.75, 3.05) is 0 Å². The monoisotopic (exact) mass is 381 g/mol. The lowest BCUT2D eigenvalue weighted by Crippen LogP contribution is -2.52. The number of benzene rings is 2. The number of carbonyl (C=O) groups is 3. The summed E-state index contributed by atoms with van der Waals surface area (Å²) in [6.45, 7) is 0. The molecule has 0 aliphatic carbocycles. The summed E-state index contributed by atoms with van der Waals surface area (Å²) in [6.07, 6.45) is -4.53. The lowest BCUT2D eigenvalue weighted by Gasteiger charge is -2.13. The molecule has 0 unspecified atom stereocenters. The Morgan fingerprint density at radius 3 is 2.04 bits per heavy atom. The van der Waals surface area contributed by atoms with E-state index in [4.69, 9.17) is 16.2 Å². The van der Waals surface area contributed by atoms with Gasteiger partial charge in [0, 0.05) is 5.56 Å². The molecule has 0 heterocycles. The molecule has 2 aromatic carbocycles. The van der Waals surface area contributed by atoms with Gasteiger partial charge in [0.2, 0.25) is 11.8 Å². The fourth-order valence-corrected chi connectivity index (χ4v) is 2.07. The van der Waals surface area contributed by atoms with Gasteiger partial charge >= 0.3 is 6.18 Å². The Bertz CT molecular complexity index is 870. The first-order valence-corrected chi connectivity index (χ1v) is 7.42. The van der Waals surface area contributed by atoms with Gasteiger partial charge < -0.3 is 21.5 Å². The molecule has 0 aliphatic rings. The molecule has 5 N–H and O–H groups in total. The Morgan fingerprint density at radius 2 is 1.48 bits per heavy atom. The number of nitrogens with one attached hydrogen (secondary N) is 1. The molecule has 2 rings (SSSR count). The van der Waals surface area contributed by atoms with Gasteiger partial charge in [-0.05, 0) is 36.4 Å². The van der Waals surface area contributed by atoms with Crippen LogP contribution in [0.1, 0.15) is 15.9 Å². The second-order valence-corrected chi connectivity index (χ2v) is 5.37. The van der Waals surface area contributed by atoms with Crippen molar-refractivity contribution in [2.24, 2.45) is 11.5 Å². The molecule has 0 saturated carbocycles. The van der Waals surface area contributed by atoms with Crippen molar-refractivity contribution in [1.29, 1.82) is 0 Å². The maximum Gasteiger partial charge on any atom is 0.416 e. The SMILES string of the molecule is NC(=O)C(NC(=O)c1cccc(Oc2cccc(C(F)(F)F)c2)c1)C(N)=O. The highest BCUT2D eigenvalue weighted by atomic mass is 19.4. The van der Waals surface area contributed by atoms with Crippen molar-refractivity contribution in [1.82, 2.24) is 5.32 Å². The lowest BCUT2D eigenvalue weighted by molar-refractivity contribution is -0.137. The minimum atomic E-state index is -4.53. The number of carbonyl (C=O) groups excluding carboxylic acids is 3. The Morgan fingerprint density at radius 1 is 0.926 bits per heavy atom. The second-order valence-electron chi connectivity index (χ2n) is 5.37. The molecular weight excluding hydrogens is 367 g/mol. The molecule has 0 spiro atoms. The van der Waals surface area contributed by atoms with Gasteiger partial charge in [0.15, 0.2) is 6.04 Å². The number of amides is 3. The zero-order chi connectivity index (χ0) is 20.2. The van der Waals surface area contributed by atoms with Gasteiger partial charge in [-0.2, -0.15) is 13.2 Å². The van der Waals surface area contributed by atoms with E-state index in [-0.39, 0.29) is 17.1 Å². The molecule has 3 amide bonds. The van der Waals surface area contributed by atoms with Crippen LogP contribution in [0.3, 0.4) is 0 Å². The Kier molecular flexibility index (Phi) is 5.69. The fourth-order valence-electron chi connectivity index (χ4n) is 2.07. The van der Waals surface area contributed by atoms with Gasteiger partial charge in [0.1, 0.15) is 11.5 Å². The minimum absolute atomic E-state index is 0.0213. The van der Waals surface area contributed by atoms with Crippen molar-refractivity contribution in [2.45, 2.75) is 12.2 Å². The first kappa shape index (κ1) is 19.8. The molecule has 10 heteroatoms. The quantitative estimate of drug-likeness (QED) is 0.657. The van der Waals surface area contributed by atoms with Crippen LogP contribution in [0, 0.1) is 0 Å². The molecule has 2 aromatic rings. The normalized spacial score (nSPS) is 11.1. The summed E-state index contributed by atoms with van der Waals surface area (Å²) >= 11 is 0. The Balaban J connectivity index is 2.19. The Labute approximate surface area is 151 Å². The highest BCUT2D eigenvalue weighted by molar-refractivity contribution is 6.08. The van der Waals surface area contributed by atoms with Gasteiger partial charge in [0.05, 0.1) is 5.56 Å². The maximum absolute atomic E-state index is 12.7. The smallest absolute Gasteiger partial charge is 0.416 e. The highest BCUT2D eigenvalue weighted by Crippen LogP contribution is 2.32. The van der Waals surface area contributed by atoms with Gasteiger partial charge in [-0.1, -0.05) is 12.1 Å². The standard InChI is InChI=1S/C17H14F3N3O4/c18-17(19,20)10-4-2-6-12(8-10)27-11-5-1-3-9(7-11)16(26)23-13(14(21)24)15(22)25/h1-8,13H,(H2,21,24)(H2,22,25)(H,23,26). The lowest BCUT2D eigenvalue weighted by atomic mass is 10.1. The third kappa shape index (κ3) is 5.21. The molecule has 0 aliphatic heterocycles. The summed E-state index contributed by atoms with van der Waals surface area (Å²) in [6, 6.07) is 7.87. The van der Waals surface area contributed by atoms with Crippen LogP contribution < -0.4 is 21.5 Å². The molecule has 0 bridgehead atoms. The van der Waals surface area contributed by atoms with E-state index in [2.05, 4.69) is 5.32 Å². The number of ether oxygens (including phenoxy) is 1. The van der Waals surface area contributed by atoms with Crippen molar-refractivity contribution >= 4 is 17.7 Å². The van der Waals surface area contributed by atoms with Crippen LogP contribution in [-0.2, 0) is 15.8 Å². The first-order chi connectivity index (χ1) is 12.6. The largest absolute Gasteiger partial charge is 0.457 e. The number of nitrogens with two attached hydrogens (primary N) is 2. The van der Waals surface area contributed by atoms with Crippen molar-refractivity contribution < 1.29 is 32.3 Å². The number of alkyl halides is 3. The Hall–Kier alpha value is -3.56. The summed E-state index contributed by atoms with van der Waals surface area (Å²) in [5.74, 6) is -3.13. The van der Waals surface area contributed by atoms with Gasteiger partial charge in [0.25, 0.3) is 5.91 Å². The van der Waals surface area contributed by atoms with Gasteiger partial charge in [-0.25, -0.2) is 0 Å². The van der Waals surface area contributed by atoms with Gasteiger partial charge in [-0.3, -0.25) is 14.4 Å². The first-order valence-electron chi connectivity index (χ1n) is 7.42. The molecule has 27 heavy (non-hydrogen) atoms. The summed E-state index contributed by atoms with van der Waals surface area (Å²) < 4.78 is 43.6. The van der Waals surface area contributed by atoms with Gasteiger partial charge in [-0.15, -0.1) is 0 Å². The van der Waals surface area contributed by atoms with Crippen molar-refractivity contribution in [3.05, 3.63) is 59.7 Å². The predicted molar refractivity (Wildman–Crippen MR) is 87.6 cm³/mol. The summed E-state index contributed by atoms with van der Waals surface area (Å²) in [5, 5.41) is 2.06. The second kappa shape index (κ2) is 7.77. The van der Waals surface area contributed by atoms with Crippen LogP contribution in [0.5, 0.6) is 11.5 Å². The topological polar surface area (TPSA) is 125 Å². The van der Waals surface area contributed by atoms with Crippen LogP contribution in [0.2, 0.25) is 0 Å². The van der Waals surface area contributed by atoms with E-state index in [0.29, 0.717) is 0 Å². The fraction of sp³-hybridized carbons (Fsp3) is 0.118. The number of hydrogen-bond donors (Lipinski definition) is 3. The number of primary amides is 2. The summed E-state index contributed by atoms with van der Waals surface area (Å²) in [5.41, 5.74) is 9.04. The molecular formula is C17H14F3N3O4. The molecule has 0 aromatic heterocycles. The number of rotatable bonds is 6. The molecule has 0 atom stereocenters. The van der Waals surface area contributed by atoms with E-state index < -0.39 is 35.5 Å². The average molecular weight is 381 g/mol. The van der Waals surface area contributed by atoms with Crippen LogP contribution >= 0.6 is 0 Å². The molecule has 0 saturated heterocycles. The molecule has 0 fully saturated rings. The van der Waals surface area contributed by atoms with E-state index in [9.17, 15) is 27.6 Å². The van der Waals surface area contributed by atoms with E-state index >= 15 is 0 Å². The average Bonchev–Trinajstić information content (AvgIpc) is 2.58. The third-order valence-electron chi connectivity index (χ3n) is 3.34. The van der Waals surface area contributed by atoms with Crippen LogP contribution in [0.15, 0.2) is 48.5 Å². The maximum atomic E-state index is 12.7. The predicted octanol–water partition coefficient (Wildman–Crippen LogP) is 1.57. The summed E-state index contributed by atoms with van der Waals surface area (Å²) in [7, 11) is 0. The van der Waals surface area contributed by atoms with Crippen molar-refractivity contribution in [3.8, 4) is 11.5 Å². The highest BCUT2D eigenvalue weighted by Gasteiger charge is 2.30. The van der Waals surface area contributed by atoms with Crippen LogP contribution in [-0.4, -0.2) is 23.8 Å². The van der Waals surface area contributed by atoms with E-state index in [1.807, 2.05) is 0 Å². The van der Waals surface area contributed by atoms with Crippen LogP contribution in [0.4, 0.5) is 13.2 Å². The minimum Gasteiger partial charge on any atom is -0.457 e. The summed E-state index contributed by atoms with van der Waals surface area (Å²) in [4.78, 5) is 34.4. The molecule has 0 radical (unpaired) electrons. The number of hydrogen-bond acceptors (Lipinski definition) is 4. The molecule has 142 valence electrons. The van der Waals surface area contributed by atoms with Crippen molar-refractivity contribution in [3.63, 3.8) is 0 Å². The van der Waals surface area contributed by atoms with Crippen LogP contribution in [0.25, 0.3) is 0 Å².